The average molecular weight is 369 g/mol. The third-order valence-electron chi connectivity index (χ3n) is 3.31. The standard InChI is InChI=1S/C18H17BrN4/c1-12-10-15(8-9-16(12)19)22-18-20-13(2)11-17(23-18)21-14-6-4-3-5-7-14/h3-11H,1-2H3,(H2,20,21,22,23). The Morgan fingerprint density at radius 1 is 0.826 bits per heavy atom. The van der Waals surface area contributed by atoms with Crippen molar-refractivity contribution in [3.8, 4) is 0 Å². The van der Waals surface area contributed by atoms with Crippen molar-refractivity contribution in [1.29, 1.82) is 0 Å². The van der Waals surface area contributed by atoms with Gasteiger partial charge in [-0.2, -0.15) is 4.98 Å². The van der Waals surface area contributed by atoms with Crippen molar-refractivity contribution in [2.45, 2.75) is 13.8 Å². The van der Waals surface area contributed by atoms with Gasteiger partial charge in [0.1, 0.15) is 5.82 Å². The molecule has 0 saturated carbocycles. The first-order valence-corrected chi connectivity index (χ1v) is 8.10. The van der Waals surface area contributed by atoms with Gasteiger partial charge in [-0.25, -0.2) is 4.98 Å². The predicted molar refractivity (Wildman–Crippen MR) is 98.7 cm³/mol. The van der Waals surface area contributed by atoms with E-state index in [-0.39, 0.29) is 0 Å². The first kappa shape index (κ1) is 15.5. The Bertz CT molecular complexity index is 819. The fourth-order valence-electron chi connectivity index (χ4n) is 2.21. The van der Waals surface area contributed by atoms with E-state index in [2.05, 4.69) is 49.5 Å². The molecule has 0 aliphatic carbocycles. The fraction of sp³-hybridized carbons (Fsp3) is 0.111. The van der Waals surface area contributed by atoms with Crippen LogP contribution in [0.5, 0.6) is 0 Å². The van der Waals surface area contributed by atoms with E-state index < -0.39 is 0 Å². The number of rotatable bonds is 4. The highest BCUT2D eigenvalue weighted by atomic mass is 79.9. The number of aromatic nitrogens is 2. The first-order valence-electron chi connectivity index (χ1n) is 7.31. The summed E-state index contributed by atoms with van der Waals surface area (Å²) < 4.78 is 1.08. The molecule has 0 unspecified atom stereocenters. The third-order valence-corrected chi connectivity index (χ3v) is 4.20. The molecule has 2 aromatic carbocycles. The number of para-hydroxylation sites is 1. The minimum atomic E-state index is 0.574. The smallest absolute Gasteiger partial charge is 0.229 e. The molecule has 0 amide bonds. The Labute approximate surface area is 144 Å². The molecule has 1 heterocycles. The second kappa shape index (κ2) is 6.79. The van der Waals surface area contributed by atoms with Crippen LogP contribution in [-0.4, -0.2) is 9.97 Å². The predicted octanol–water partition coefficient (Wildman–Crippen LogP) is 5.34. The zero-order valence-corrected chi connectivity index (χ0v) is 14.6. The summed E-state index contributed by atoms with van der Waals surface area (Å²) in [6, 6.07) is 17.9. The van der Waals surface area contributed by atoms with Gasteiger partial charge in [-0.15, -0.1) is 0 Å². The minimum absolute atomic E-state index is 0.574. The molecule has 0 radical (unpaired) electrons. The SMILES string of the molecule is Cc1cc(Nc2ccccc2)nc(Nc2ccc(Br)c(C)c2)n1. The van der Waals surface area contributed by atoms with E-state index in [4.69, 9.17) is 0 Å². The molecule has 0 bridgehead atoms. The molecule has 0 aliphatic heterocycles. The van der Waals surface area contributed by atoms with Crippen molar-refractivity contribution in [2.75, 3.05) is 10.6 Å². The van der Waals surface area contributed by atoms with E-state index in [1.807, 2.05) is 55.5 Å². The summed E-state index contributed by atoms with van der Waals surface area (Å²) in [7, 11) is 0. The highest BCUT2D eigenvalue weighted by molar-refractivity contribution is 9.10. The van der Waals surface area contributed by atoms with Crippen LogP contribution in [-0.2, 0) is 0 Å². The van der Waals surface area contributed by atoms with Crippen LogP contribution in [0, 0.1) is 13.8 Å². The number of hydrogen-bond acceptors (Lipinski definition) is 4. The van der Waals surface area contributed by atoms with E-state index in [0.717, 1.165) is 32.9 Å². The summed E-state index contributed by atoms with van der Waals surface area (Å²) in [6.45, 7) is 4.00. The lowest BCUT2D eigenvalue weighted by Gasteiger charge is -2.10. The molecule has 1 aromatic heterocycles. The van der Waals surface area contributed by atoms with Crippen molar-refractivity contribution >= 4 is 39.1 Å². The van der Waals surface area contributed by atoms with Crippen LogP contribution in [0.3, 0.4) is 0 Å². The molecular formula is C18H17BrN4. The van der Waals surface area contributed by atoms with Crippen molar-refractivity contribution in [1.82, 2.24) is 9.97 Å². The van der Waals surface area contributed by atoms with Crippen molar-refractivity contribution in [3.63, 3.8) is 0 Å². The summed E-state index contributed by atoms with van der Waals surface area (Å²) >= 11 is 3.51. The van der Waals surface area contributed by atoms with Gasteiger partial charge in [0.15, 0.2) is 0 Å². The van der Waals surface area contributed by atoms with Gasteiger partial charge in [0.2, 0.25) is 5.95 Å². The molecule has 0 aliphatic rings. The molecular weight excluding hydrogens is 352 g/mol. The second-order valence-electron chi connectivity index (χ2n) is 5.30. The molecule has 0 saturated heterocycles. The van der Waals surface area contributed by atoms with Gasteiger partial charge in [0.05, 0.1) is 0 Å². The highest BCUT2D eigenvalue weighted by Crippen LogP contribution is 2.23. The molecule has 3 rings (SSSR count). The topological polar surface area (TPSA) is 49.8 Å². The Hall–Kier alpha value is -2.40. The van der Waals surface area contributed by atoms with Crippen molar-refractivity contribution in [3.05, 3.63) is 70.3 Å². The number of benzene rings is 2. The minimum Gasteiger partial charge on any atom is -0.340 e. The van der Waals surface area contributed by atoms with E-state index in [0.29, 0.717) is 5.95 Å². The summed E-state index contributed by atoms with van der Waals surface area (Å²) in [4.78, 5) is 8.98. The molecule has 116 valence electrons. The van der Waals surface area contributed by atoms with Crippen LogP contribution in [0.15, 0.2) is 59.1 Å². The fourth-order valence-corrected chi connectivity index (χ4v) is 2.46. The van der Waals surface area contributed by atoms with Gasteiger partial charge >= 0.3 is 0 Å². The van der Waals surface area contributed by atoms with Crippen LogP contribution in [0.2, 0.25) is 0 Å². The maximum absolute atomic E-state index is 4.53. The van der Waals surface area contributed by atoms with E-state index in [1.54, 1.807) is 0 Å². The Morgan fingerprint density at radius 3 is 2.35 bits per heavy atom. The summed E-state index contributed by atoms with van der Waals surface area (Å²) in [5, 5.41) is 6.55. The molecule has 3 aromatic rings. The highest BCUT2D eigenvalue weighted by Gasteiger charge is 2.04. The Kier molecular flexibility index (Phi) is 4.57. The van der Waals surface area contributed by atoms with Crippen LogP contribution in [0.1, 0.15) is 11.3 Å². The third kappa shape index (κ3) is 4.07. The largest absolute Gasteiger partial charge is 0.340 e. The molecule has 4 nitrogen and oxygen atoms in total. The van der Waals surface area contributed by atoms with Gasteiger partial charge in [-0.05, 0) is 49.7 Å². The number of hydrogen-bond donors (Lipinski definition) is 2. The maximum atomic E-state index is 4.53. The molecule has 23 heavy (non-hydrogen) atoms. The Morgan fingerprint density at radius 2 is 1.61 bits per heavy atom. The summed E-state index contributed by atoms with van der Waals surface area (Å²) in [5.41, 5.74) is 4.01. The molecule has 0 spiro atoms. The number of nitrogens with one attached hydrogen (secondary N) is 2. The van der Waals surface area contributed by atoms with E-state index >= 15 is 0 Å². The van der Waals surface area contributed by atoms with E-state index in [1.165, 1.54) is 0 Å². The van der Waals surface area contributed by atoms with Gasteiger partial charge in [-0.1, -0.05) is 34.1 Å². The maximum Gasteiger partial charge on any atom is 0.229 e. The summed E-state index contributed by atoms with van der Waals surface area (Å²) in [6.07, 6.45) is 0. The lowest BCUT2D eigenvalue weighted by atomic mass is 10.2. The quantitative estimate of drug-likeness (QED) is 0.652. The lowest BCUT2D eigenvalue weighted by molar-refractivity contribution is 1.11. The zero-order chi connectivity index (χ0) is 16.2. The second-order valence-corrected chi connectivity index (χ2v) is 6.15. The number of nitrogens with zero attached hydrogens (tertiary/aromatic N) is 2. The molecule has 0 atom stereocenters. The molecule has 0 fully saturated rings. The lowest BCUT2D eigenvalue weighted by Crippen LogP contribution is -2.02. The molecule has 5 heteroatoms. The van der Waals surface area contributed by atoms with Gasteiger partial charge in [-0.3, -0.25) is 0 Å². The first-order chi connectivity index (χ1) is 11.1. The van der Waals surface area contributed by atoms with Crippen molar-refractivity contribution < 1.29 is 0 Å². The number of anilines is 4. The number of halogens is 1. The van der Waals surface area contributed by atoms with Gasteiger partial charge in [0, 0.05) is 27.6 Å². The average Bonchev–Trinajstić information content (AvgIpc) is 2.51. The molecule has 2 N–H and O–H groups in total. The van der Waals surface area contributed by atoms with Crippen molar-refractivity contribution in [2.24, 2.45) is 0 Å². The zero-order valence-electron chi connectivity index (χ0n) is 13.0. The van der Waals surface area contributed by atoms with Crippen LogP contribution < -0.4 is 10.6 Å². The van der Waals surface area contributed by atoms with Gasteiger partial charge in [0.25, 0.3) is 0 Å². The van der Waals surface area contributed by atoms with E-state index in [9.17, 15) is 0 Å². The summed E-state index contributed by atoms with van der Waals surface area (Å²) in [5.74, 6) is 1.34. The normalized spacial score (nSPS) is 10.4. The van der Waals surface area contributed by atoms with Crippen LogP contribution in [0.25, 0.3) is 0 Å². The number of aryl methyl sites for hydroxylation is 2. The Balaban J connectivity index is 1.83. The van der Waals surface area contributed by atoms with Gasteiger partial charge < -0.3 is 10.6 Å². The van der Waals surface area contributed by atoms with Crippen LogP contribution in [0.4, 0.5) is 23.1 Å². The monoisotopic (exact) mass is 368 g/mol. The van der Waals surface area contributed by atoms with Crippen LogP contribution >= 0.6 is 15.9 Å².